The Hall–Kier alpha value is -3.31. The molecule has 5 heteroatoms. The molecule has 0 saturated carbocycles. The van der Waals surface area contributed by atoms with Crippen LogP contribution >= 0.6 is 11.8 Å². The van der Waals surface area contributed by atoms with E-state index < -0.39 is 0 Å². The van der Waals surface area contributed by atoms with Gasteiger partial charge in [0.15, 0.2) is 0 Å². The summed E-state index contributed by atoms with van der Waals surface area (Å²) in [6.45, 7) is 6.61. The van der Waals surface area contributed by atoms with Crippen LogP contribution in [0.5, 0.6) is 5.75 Å². The number of amides is 2. The molecule has 1 aliphatic rings. The minimum Gasteiger partial charge on any atom is -0.494 e. The highest BCUT2D eigenvalue weighted by atomic mass is 32.2. The Morgan fingerprint density at radius 1 is 0.844 bits per heavy atom. The van der Waals surface area contributed by atoms with Gasteiger partial charge in [0, 0.05) is 4.90 Å². The molecule has 3 aromatic rings. The lowest BCUT2D eigenvalue weighted by atomic mass is 10.1. The van der Waals surface area contributed by atoms with E-state index in [0.717, 1.165) is 28.2 Å². The topological polar surface area (TPSA) is 46.6 Å². The van der Waals surface area contributed by atoms with Crippen LogP contribution in [0.15, 0.2) is 82.6 Å². The summed E-state index contributed by atoms with van der Waals surface area (Å²) >= 11 is 1.33. The third kappa shape index (κ3) is 4.48. The zero-order valence-corrected chi connectivity index (χ0v) is 19.2. The summed E-state index contributed by atoms with van der Waals surface area (Å²) < 4.78 is 5.68. The van der Waals surface area contributed by atoms with Crippen LogP contribution in [0.2, 0.25) is 0 Å². The number of ether oxygens (including phenoxy) is 1. The summed E-state index contributed by atoms with van der Waals surface area (Å²) in [5.74, 6) is 0.146. The second-order valence-corrected chi connectivity index (χ2v) is 8.87. The molecule has 0 fully saturated rings. The Kier molecular flexibility index (Phi) is 6.47. The van der Waals surface area contributed by atoms with Gasteiger partial charge in [-0.05, 0) is 73.4 Å². The lowest BCUT2D eigenvalue weighted by Gasteiger charge is -2.17. The molecular formula is C27H25NO3S. The van der Waals surface area contributed by atoms with Gasteiger partial charge in [0.2, 0.25) is 0 Å². The number of thioether (sulfide) groups is 1. The first-order valence-electron chi connectivity index (χ1n) is 10.7. The summed E-state index contributed by atoms with van der Waals surface area (Å²) in [7, 11) is 0. The van der Waals surface area contributed by atoms with Crippen LogP contribution in [0.1, 0.15) is 30.0 Å². The van der Waals surface area contributed by atoms with Crippen molar-refractivity contribution in [1.29, 1.82) is 0 Å². The number of hydrogen-bond donors (Lipinski definition) is 0. The van der Waals surface area contributed by atoms with Crippen molar-refractivity contribution in [2.45, 2.75) is 32.1 Å². The van der Waals surface area contributed by atoms with Crippen LogP contribution in [0.3, 0.4) is 0 Å². The average molecular weight is 444 g/mol. The van der Waals surface area contributed by atoms with Gasteiger partial charge in [-0.3, -0.25) is 9.59 Å². The standard InChI is InChI=1S/C27H25NO3S/c1-4-14-31-22-12-10-20(11-13-22)24-25(32-23-8-6-5-7-9-23)27(30)28(26(24)29)21-16-18(2)15-19(3)17-21/h5-13,15-17H,4,14H2,1-3H3. The summed E-state index contributed by atoms with van der Waals surface area (Å²) in [6, 6.07) is 22.8. The Labute approximate surface area is 192 Å². The van der Waals surface area contributed by atoms with Gasteiger partial charge in [-0.1, -0.05) is 55.1 Å². The molecule has 0 atom stereocenters. The van der Waals surface area contributed by atoms with Crippen LogP contribution < -0.4 is 9.64 Å². The van der Waals surface area contributed by atoms with Crippen LogP contribution in [-0.2, 0) is 9.59 Å². The predicted molar refractivity (Wildman–Crippen MR) is 130 cm³/mol. The maximum atomic E-state index is 13.6. The van der Waals surface area contributed by atoms with Gasteiger partial charge >= 0.3 is 0 Å². The van der Waals surface area contributed by atoms with Crippen molar-refractivity contribution in [3.05, 3.63) is 94.4 Å². The smallest absolute Gasteiger partial charge is 0.272 e. The number of nitrogens with zero attached hydrogens (tertiary/aromatic N) is 1. The second-order valence-electron chi connectivity index (χ2n) is 7.78. The summed E-state index contributed by atoms with van der Waals surface area (Å²) in [6.07, 6.45) is 0.919. The highest BCUT2D eigenvalue weighted by Gasteiger charge is 2.40. The number of rotatable bonds is 7. The van der Waals surface area contributed by atoms with Crippen molar-refractivity contribution in [2.24, 2.45) is 0 Å². The SMILES string of the molecule is CCCOc1ccc(C2=C(Sc3ccccc3)C(=O)N(c3cc(C)cc(C)c3)C2=O)cc1. The van der Waals surface area contributed by atoms with Gasteiger partial charge in [-0.2, -0.15) is 0 Å². The molecule has 1 aliphatic heterocycles. The van der Waals surface area contributed by atoms with Gasteiger partial charge in [-0.15, -0.1) is 0 Å². The lowest BCUT2D eigenvalue weighted by Crippen LogP contribution is -2.31. The van der Waals surface area contributed by atoms with E-state index in [1.54, 1.807) is 0 Å². The van der Waals surface area contributed by atoms with E-state index in [0.29, 0.717) is 28.3 Å². The van der Waals surface area contributed by atoms with Crippen molar-refractivity contribution in [1.82, 2.24) is 0 Å². The Morgan fingerprint density at radius 2 is 1.50 bits per heavy atom. The molecule has 0 radical (unpaired) electrons. The van der Waals surface area contributed by atoms with Crippen LogP contribution in [0.25, 0.3) is 5.57 Å². The molecule has 0 aromatic heterocycles. The van der Waals surface area contributed by atoms with Crippen LogP contribution in [-0.4, -0.2) is 18.4 Å². The van der Waals surface area contributed by atoms with E-state index in [9.17, 15) is 9.59 Å². The van der Waals surface area contributed by atoms with Crippen molar-refractivity contribution in [2.75, 3.05) is 11.5 Å². The van der Waals surface area contributed by atoms with Crippen LogP contribution in [0.4, 0.5) is 5.69 Å². The molecule has 162 valence electrons. The zero-order chi connectivity index (χ0) is 22.7. The van der Waals surface area contributed by atoms with Gasteiger partial charge in [0.25, 0.3) is 11.8 Å². The molecule has 0 unspecified atom stereocenters. The minimum absolute atomic E-state index is 0.296. The monoisotopic (exact) mass is 443 g/mol. The highest BCUT2D eigenvalue weighted by molar-refractivity contribution is 8.04. The van der Waals surface area contributed by atoms with Crippen molar-refractivity contribution in [3.63, 3.8) is 0 Å². The first-order valence-corrected chi connectivity index (χ1v) is 11.5. The van der Waals surface area contributed by atoms with Crippen LogP contribution in [0, 0.1) is 13.8 Å². The number of carbonyl (C=O) groups is 2. The third-order valence-corrected chi connectivity index (χ3v) is 6.18. The number of aryl methyl sites for hydroxylation is 2. The van der Waals surface area contributed by atoms with Crippen molar-refractivity contribution >= 4 is 34.8 Å². The molecule has 32 heavy (non-hydrogen) atoms. The minimum atomic E-state index is -0.305. The predicted octanol–water partition coefficient (Wildman–Crippen LogP) is 6.17. The fourth-order valence-corrected chi connectivity index (χ4v) is 4.73. The van der Waals surface area contributed by atoms with E-state index in [4.69, 9.17) is 4.74 Å². The lowest BCUT2D eigenvalue weighted by molar-refractivity contribution is -0.119. The quantitative estimate of drug-likeness (QED) is 0.410. The molecule has 3 aromatic carbocycles. The zero-order valence-electron chi connectivity index (χ0n) is 18.4. The first kappa shape index (κ1) is 21.9. The van der Waals surface area contributed by atoms with E-state index in [1.807, 2.05) is 86.6 Å². The number of anilines is 1. The fourth-order valence-electron chi connectivity index (χ4n) is 3.72. The first-order chi connectivity index (χ1) is 15.5. The maximum absolute atomic E-state index is 13.6. The maximum Gasteiger partial charge on any atom is 0.272 e. The molecule has 1 heterocycles. The largest absolute Gasteiger partial charge is 0.494 e. The van der Waals surface area contributed by atoms with Gasteiger partial charge in [0.1, 0.15) is 5.75 Å². The van der Waals surface area contributed by atoms with E-state index >= 15 is 0 Å². The second kappa shape index (κ2) is 9.45. The molecule has 0 N–H and O–H groups in total. The molecule has 0 bridgehead atoms. The van der Waals surface area contributed by atoms with Crippen molar-refractivity contribution in [3.8, 4) is 5.75 Å². The Morgan fingerprint density at radius 3 is 2.12 bits per heavy atom. The fraction of sp³-hybridized carbons (Fsp3) is 0.185. The molecule has 0 aliphatic carbocycles. The summed E-state index contributed by atoms with van der Waals surface area (Å²) in [5.41, 5.74) is 3.73. The van der Waals surface area contributed by atoms with E-state index in [2.05, 4.69) is 6.92 Å². The highest BCUT2D eigenvalue weighted by Crippen LogP contribution is 2.41. The number of benzene rings is 3. The molecule has 4 nitrogen and oxygen atoms in total. The van der Waals surface area contributed by atoms with E-state index in [-0.39, 0.29) is 11.8 Å². The molecule has 2 amide bonds. The van der Waals surface area contributed by atoms with E-state index in [1.165, 1.54) is 16.7 Å². The molecular weight excluding hydrogens is 418 g/mol. The average Bonchev–Trinajstić information content (AvgIpc) is 3.02. The number of hydrogen-bond acceptors (Lipinski definition) is 4. The molecule has 0 spiro atoms. The van der Waals surface area contributed by atoms with Crippen molar-refractivity contribution < 1.29 is 14.3 Å². The Balaban J connectivity index is 1.77. The molecule has 4 rings (SSSR count). The Bertz CT molecular complexity index is 1160. The third-order valence-electron chi connectivity index (χ3n) is 5.08. The number of imide groups is 1. The summed E-state index contributed by atoms with van der Waals surface area (Å²) in [4.78, 5) is 29.8. The van der Waals surface area contributed by atoms with Gasteiger partial charge in [-0.25, -0.2) is 4.90 Å². The number of carbonyl (C=O) groups excluding carboxylic acids is 2. The van der Waals surface area contributed by atoms with Gasteiger partial charge < -0.3 is 4.74 Å². The normalized spacial score (nSPS) is 13.8. The van der Waals surface area contributed by atoms with Gasteiger partial charge in [0.05, 0.1) is 22.8 Å². The molecule has 0 saturated heterocycles. The summed E-state index contributed by atoms with van der Waals surface area (Å²) in [5, 5.41) is 0.